The highest BCUT2D eigenvalue weighted by atomic mass is 31.2. The minimum Gasteiger partial charge on any atom is -0.462 e. The molecular formula is C32H63O10P. The van der Waals surface area contributed by atoms with Gasteiger partial charge in [0.1, 0.15) is 12.7 Å². The average molecular weight is 639 g/mol. The van der Waals surface area contributed by atoms with E-state index in [-0.39, 0.29) is 19.4 Å². The topological polar surface area (TPSA) is 149 Å². The number of phosphoric acid groups is 1. The predicted molar refractivity (Wildman–Crippen MR) is 169 cm³/mol. The lowest BCUT2D eigenvalue weighted by Gasteiger charge is -2.20. The van der Waals surface area contributed by atoms with Gasteiger partial charge in [-0.2, -0.15) is 0 Å². The third-order valence-corrected chi connectivity index (χ3v) is 8.21. The average Bonchev–Trinajstić information content (AvgIpc) is 2.99. The molecule has 0 saturated carbocycles. The number of hydrogen-bond acceptors (Lipinski definition) is 9. The molecule has 0 spiro atoms. The maximum Gasteiger partial charge on any atom is 0.472 e. The first kappa shape index (κ1) is 42.0. The molecule has 0 aromatic heterocycles. The Labute approximate surface area is 261 Å². The van der Waals surface area contributed by atoms with Gasteiger partial charge in [0.15, 0.2) is 6.10 Å². The van der Waals surface area contributed by atoms with Crippen LogP contribution in [0.4, 0.5) is 0 Å². The molecule has 10 nitrogen and oxygen atoms in total. The molecule has 0 aliphatic carbocycles. The van der Waals surface area contributed by atoms with E-state index in [1.807, 2.05) is 0 Å². The Kier molecular flexibility index (Phi) is 29.0. The standard InChI is InChI=1S/C32H63O10P/c1-3-5-7-9-11-12-13-14-15-16-18-19-21-23-31(35)39-27-30(28-41-43(37,38)40-26-29(34)25-33)42-32(36)24-22-20-17-10-8-6-4-2/h29-30,33-34H,3-28H2,1-2H3,(H,37,38)/t29-,30+/m1/s1. The first-order valence-corrected chi connectivity index (χ1v) is 18.5. The SMILES string of the molecule is CCCCCCCCCCCCCCCC(=O)OC[C@@H](COP(=O)(O)OC[C@H](O)CO)OC(=O)CCCCCCCCC. The molecule has 0 aromatic rings. The summed E-state index contributed by atoms with van der Waals surface area (Å²) in [6.07, 6.45) is 21.0. The first-order valence-electron chi connectivity index (χ1n) is 17.0. The van der Waals surface area contributed by atoms with Crippen LogP contribution < -0.4 is 0 Å². The van der Waals surface area contributed by atoms with Crippen molar-refractivity contribution in [3.05, 3.63) is 0 Å². The van der Waals surface area contributed by atoms with Crippen LogP contribution in [0, 0.1) is 0 Å². The molecule has 0 aliphatic rings. The Morgan fingerprint density at radius 2 is 1.00 bits per heavy atom. The van der Waals surface area contributed by atoms with Crippen LogP contribution >= 0.6 is 7.82 Å². The number of esters is 2. The number of ether oxygens (including phenoxy) is 2. The van der Waals surface area contributed by atoms with Gasteiger partial charge in [-0.25, -0.2) is 4.57 Å². The fourth-order valence-electron chi connectivity index (χ4n) is 4.58. The van der Waals surface area contributed by atoms with Crippen LogP contribution in [0.1, 0.15) is 155 Å². The predicted octanol–water partition coefficient (Wildman–Crippen LogP) is 7.55. The number of unbranched alkanes of at least 4 members (excludes halogenated alkanes) is 18. The summed E-state index contributed by atoms with van der Waals surface area (Å²) in [5.74, 6) is -0.926. The number of carbonyl (C=O) groups is 2. The highest BCUT2D eigenvalue weighted by Gasteiger charge is 2.27. The molecule has 256 valence electrons. The maximum atomic E-state index is 12.4. The fraction of sp³-hybridized carbons (Fsp3) is 0.938. The Bertz CT molecular complexity index is 706. The number of aliphatic hydroxyl groups is 2. The van der Waals surface area contributed by atoms with Gasteiger partial charge >= 0.3 is 19.8 Å². The quantitative estimate of drug-likeness (QED) is 0.0383. The molecular weight excluding hydrogens is 575 g/mol. The van der Waals surface area contributed by atoms with Crippen molar-refractivity contribution < 1.29 is 47.8 Å². The number of aliphatic hydroxyl groups excluding tert-OH is 2. The van der Waals surface area contributed by atoms with E-state index < -0.39 is 51.8 Å². The smallest absolute Gasteiger partial charge is 0.462 e. The zero-order chi connectivity index (χ0) is 32.0. The molecule has 43 heavy (non-hydrogen) atoms. The van der Waals surface area contributed by atoms with Gasteiger partial charge < -0.3 is 24.6 Å². The summed E-state index contributed by atoms with van der Waals surface area (Å²) in [7, 11) is -4.59. The molecule has 0 fully saturated rings. The van der Waals surface area contributed by atoms with Gasteiger partial charge in [-0.1, -0.05) is 129 Å². The highest BCUT2D eigenvalue weighted by molar-refractivity contribution is 7.47. The Hall–Kier alpha value is -1.03. The van der Waals surface area contributed by atoms with E-state index in [0.717, 1.165) is 38.5 Å². The van der Waals surface area contributed by atoms with Gasteiger partial charge in [-0.05, 0) is 12.8 Å². The molecule has 0 aromatic carbocycles. The lowest BCUT2D eigenvalue weighted by molar-refractivity contribution is -0.161. The second kappa shape index (κ2) is 29.7. The van der Waals surface area contributed by atoms with Crippen molar-refractivity contribution in [3.63, 3.8) is 0 Å². The Morgan fingerprint density at radius 1 is 0.605 bits per heavy atom. The van der Waals surface area contributed by atoms with Crippen molar-refractivity contribution >= 4 is 19.8 Å². The summed E-state index contributed by atoms with van der Waals surface area (Å²) >= 11 is 0. The van der Waals surface area contributed by atoms with Crippen LogP contribution in [0.3, 0.4) is 0 Å². The van der Waals surface area contributed by atoms with Crippen LogP contribution in [0.15, 0.2) is 0 Å². The normalized spacial score (nSPS) is 14.3. The molecule has 0 rings (SSSR count). The minimum atomic E-state index is -4.59. The molecule has 3 atom stereocenters. The summed E-state index contributed by atoms with van der Waals surface area (Å²) < 4.78 is 32.3. The van der Waals surface area contributed by atoms with Gasteiger partial charge in [0, 0.05) is 12.8 Å². The number of hydrogen-bond donors (Lipinski definition) is 3. The van der Waals surface area contributed by atoms with Gasteiger partial charge in [-0.3, -0.25) is 18.6 Å². The summed E-state index contributed by atoms with van der Waals surface area (Å²) in [6.45, 7) is 2.31. The van der Waals surface area contributed by atoms with Gasteiger partial charge in [0.25, 0.3) is 0 Å². The number of phosphoric ester groups is 1. The monoisotopic (exact) mass is 638 g/mol. The molecule has 1 unspecified atom stereocenters. The maximum absolute atomic E-state index is 12.4. The lowest BCUT2D eigenvalue weighted by atomic mass is 10.0. The van der Waals surface area contributed by atoms with E-state index in [4.69, 9.17) is 19.1 Å². The van der Waals surface area contributed by atoms with Gasteiger partial charge in [0.05, 0.1) is 19.8 Å². The molecule has 0 bridgehead atoms. The van der Waals surface area contributed by atoms with Crippen molar-refractivity contribution in [3.8, 4) is 0 Å². The third-order valence-electron chi connectivity index (χ3n) is 7.26. The lowest BCUT2D eigenvalue weighted by Crippen LogP contribution is -2.29. The Morgan fingerprint density at radius 3 is 1.44 bits per heavy atom. The molecule has 3 N–H and O–H groups in total. The molecule has 11 heteroatoms. The van der Waals surface area contributed by atoms with Crippen molar-refractivity contribution in [2.75, 3.05) is 26.4 Å². The Balaban J connectivity index is 4.34. The van der Waals surface area contributed by atoms with Crippen molar-refractivity contribution in [1.82, 2.24) is 0 Å². The third kappa shape index (κ3) is 29.4. The second-order valence-electron chi connectivity index (χ2n) is 11.6. The van der Waals surface area contributed by atoms with Crippen LogP contribution in [0.25, 0.3) is 0 Å². The van der Waals surface area contributed by atoms with Crippen LogP contribution in [-0.2, 0) is 32.7 Å². The zero-order valence-corrected chi connectivity index (χ0v) is 28.1. The summed E-state index contributed by atoms with van der Waals surface area (Å²) in [6, 6.07) is 0. The van der Waals surface area contributed by atoms with Crippen molar-refractivity contribution in [2.45, 2.75) is 167 Å². The van der Waals surface area contributed by atoms with Gasteiger partial charge in [0.2, 0.25) is 0 Å². The fourth-order valence-corrected chi connectivity index (χ4v) is 5.37. The van der Waals surface area contributed by atoms with Crippen LogP contribution in [-0.4, -0.2) is 65.7 Å². The summed E-state index contributed by atoms with van der Waals surface area (Å²) in [4.78, 5) is 34.5. The highest BCUT2D eigenvalue weighted by Crippen LogP contribution is 2.43. The van der Waals surface area contributed by atoms with E-state index in [2.05, 4.69) is 18.4 Å². The van der Waals surface area contributed by atoms with Crippen LogP contribution in [0.5, 0.6) is 0 Å². The minimum absolute atomic E-state index is 0.188. The molecule has 0 saturated heterocycles. The van der Waals surface area contributed by atoms with E-state index in [9.17, 15) is 24.2 Å². The van der Waals surface area contributed by atoms with Gasteiger partial charge in [-0.15, -0.1) is 0 Å². The second-order valence-corrected chi connectivity index (χ2v) is 13.0. The summed E-state index contributed by atoms with van der Waals surface area (Å²) in [5, 5.41) is 18.2. The van der Waals surface area contributed by atoms with E-state index in [0.29, 0.717) is 12.8 Å². The molecule has 0 radical (unpaired) electrons. The van der Waals surface area contributed by atoms with Crippen molar-refractivity contribution in [2.24, 2.45) is 0 Å². The molecule has 0 heterocycles. The number of rotatable bonds is 32. The number of carbonyl (C=O) groups excluding carboxylic acids is 2. The largest absolute Gasteiger partial charge is 0.472 e. The van der Waals surface area contributed by atoms with E-state index in [1.165, 1.54) is 77.0 Å². The first-order chi connectivity index (χ1) is 20.7. The van der Waals surface area contributed by atoms with Crippen LogP contribution in [0.2, 0.25) is 0 Å². The summed E-state index contributed by atoms with van der Waals surface area (Å²) in [5.41, 5.74) is 0. The van der Waals surface area contributed by atoms with E-state index in [1.54, 1.807) is 0 Å². The van der Waals surface area contributed by atoms with Crippen molar-refractivity contribution in [1.29, 1.82) is 0 Å². The van der Waals surface area contributed by atoms with E-state index >= 15 is 0 Å². The zero-order valence-electron chi connectivity index (χ0n) is 27.2. The molecule has 0 amide bonds. The molecule has 0 aliphatic heterocycles.